The lowest BCUT2D eigenvalue weighted by atomic mass is 10.2. The van der Waals surface area contributed by atoms with Gasteiger partial charge < -0.3 is 10.1 Å². The van der Waals surface area contributed by atoms with Crippen LogP contribution in [0.4, 0.5) is 10.1 Å². The molecule has 0 aliphatic carbocycles. The quantitative estimate of drug-likeness (QED) is 0.527. The minimum absolute atomic E-state index is 0.0976. The Morgan fingerprint density at radius 2 is 1.97 bits per heavy atom. The van der Waals surface area contributed by atoms with Gasteiger partial charge >= 0.3 is 0 Å². The summed E-state index contributed by atoms with van der Waals surface area (Å²) in [5.74, 6) is -0.964. The first-order valence-corrected chi connectivity index (χ1v) is 10.3. The Morgan fingerprint density at radius 3 is 2.76 bits per heavy atom. The molecular formula is C22H23FN2O3S. The molecule has 0 unspecified atom stereocenters. The van der Waals surface area contributed by atoms with Crippen LogP contribution in [0.1, 0.15) is 18.9 Å². The van der Waals surface area contributed by atoms with Gasteiger partial charge in [0.25, 0.3) is 5.91 Å². The first-order chi connectivity index (χ1) is 14.1. The second-order valence-electron chi connectivity index (χ2n) is 6.39. The maximum atomic E-state index is 14.0. The Bertz CT molecular complexity index is 916. The van der Waals surface area contributed by atoms with Gasteiger partial charge in [0.1, 0.15) is 12.4 Å². The highest BCUT2D eigenvalue weighted by Gasteiger charge is 2.30. The Labute approximate surface area is 173 Å². The Balaban J connectivity index is 1.77. The molecule has 152 valence electrons. The number of para-hydroxylation sites is 1. The SMILES string of the molecule is CCOCCCNC(=O)CN1C(=O)/C(=C/c2ccccc2F)Sc2ccccc21. The van der Waals surface area contributed by atoms with Gasteiger partial charge in [-0.25, -0.2) is 4.39 Å². The Hall–Kier alpha value is -2.64. The first-order valence-electron chi connectivity index (χ1n) is 9.49. The predicted octanol–water partition coefficient (Wildman–Crippen LogP) is 3.85. The van der Waals surface area contributed by atoms with Crippen LogP contribution in [0.5, 0.6) is 0 Å². The number of ether oxygens (including phenoxy) is 1. The second-order valence-corrected chi connectivity index (χ2v) is 7.48. The molecule has 0 spiro atoms. The lowest BCUT2D eigenvalue weighted by Gasteiger charge is -2.29. The van der Waals surface area contributed by atoms with Crippen molar-refractivity contribution in [3.05, 3.63) is 64.8 Å². The minimum Gasteiger partial charge on any atom is -0.382 e. The van der Waals surface area contributed by atoms with E-state index in [4.69, 9.17) is 4.74 Å². The number of thioether (sulfide) groups is 1. The number of halogens is 1. The molecule has 0 saturated carbocycles. The van der Waals surface area contributed by atoms with Gasteiger partial charge in [-0.1, -0.05) is 42.1 Å². The third kappa shape index (κ3) is 5.46. The first kappa shape index (κ1) is 21.1. The van der Waals surface area contributed by atoms with Gasteiger partial charge in [0.05, 0.1) is 10.6 Å². The summed E-state index contributed by atoms with van der Waals surface area (Å²) in [6, 6.07) is 13.7. The third-order valence-electron chi connectivity index (χ3n) is 4.32. The molecule has 1 heterocycles. The number of anilines is 1. The number of nitrogens with one attached hydrogen (secondary N) is 1. The number of nitrogens with zero attached hydrogens (tertiary/aromatic N) is 1. The number of hydrogen-bond acceptors (Lipinski definition) is 4. The van der Waals surface area contributed by atoms with Crippen LogP contribution in [-0.2, 0) is 14.3 Å². The van der Waals surface area contributed by atoms with E-state index >= 15 is 0 Å². The van der Waals surface area contributed by atoms with Gasteiger partial charge in [-0.2, -0.15) is 0 Å². The molecule has 0 aromatic heterocycles. The van der Waals surface area contributed by atoms with Crippen molar-refractivity contribution in [1.29, 1.82) is 0 Å². The summed E-state index contributed by atoms with van der Waals surface area (Å²) in [5.41, 5.74) is 1.01. The van der Waals surface area contributed by atoms with E-state index < -0.39 is 5.82 Å². The van der Waals surface area contributed by atoms with E-state index in [1.165, 1.54) is 28.8 Å². The number of hydrogen-bond donors (Lipinski definition) is 1. The summed E-state index contributed by atoms with van der Waals surface area (Å²) < 4.78 is 19.3. The summed E-state index contributed by atoms with van der Waals surface area (Å²) in [4.78, 5) is 28.1. The van der Waals surface area contributed by atoms with E-state index in [0.717, 1.165) is 4.90 Å². The lowest BCUT2D eigenvalue weighted by Crippen LogP contribution is -2.43. The predicted molar refractivity (Wildman–Crippen MR) is 113 cm³/mol. The highest BCUT2D eigenvalue weighted by Crippen LogP contribution is 2.42. The van der Waals surface area contributed by atoms with E-state index in [2.05, 4.69) is 5.32 Å². The maximum Gasteiger partial charge on any atom is 0.265 e. The van der Waals surface area contributed by atoms with Crippen LogP contribution in [0.2, 0.25) is 0 Å². The smallest absolute Gasteiger partial charge is 0.265 e. The molecule has 2 aromatic carbocycles. The van der Waals surface area contributed by atoms with Crippen molar-refractivity contribution in [1.82, 2.24) is 5.32 Å². The summed E-state index contributed by atoms with van der Waals surface area (Å²) in [7, 11) is 0. The molecule has 0 fully saturated rings. The maximum absolute atomic E-state index is 14.0. The van der Waals surface area contributed by atoms with Gasteiger partial charge in [-0.3, -0.25) is 14.5 Å². The van der Waals surface area contributed by atoms with Crippen molar-refractivity contribution in [3.8, 4) is 0 Å². The molecule has 2 aromatic rings. The molecule has 0 saturated heterocycles. The average Bonchev–Trinajstić information content (AvgIpc) is 2.72. The van der Waals surface area contributed by atoms with Gasteiger partial charge in [0.2, 0.25) is 5.91 Å². The molecular weight excluding hydrogens is 391 g/mol. The van der Waals surface area contributed by atoms with Gasteiger partial charge in [0, 0.05) is 30.2 Å². The topological polar surface area (TPSA) is 58.6 Å². The van der Waals surface area contributed by atoms with Crippen LogP contribution in [-0.4, -0.2) is 38.1 Å². The second kappa shape index (κ2) is 10.2. The van der Waals surface area contributed by atoms with Crippen LogP contribution < -0.4 is 10.2 Å². The van der Waals surface area contributed by atoms with E-state index in [0.29, 0.717) is 42.3 Å². The average molecular weight is 415 g/mol. The molecule has 0 bridgehead atoms. The largest absolute Gasteiger partial charge is 0.382 e. The number of fused-ring (bicyclic) bond motifs is 1. The van der Waals surface area contributed by atoms with Crippen LogP contribution in [0.25, 0.3) is 6.08 Å². The molecule has 0 radical (unpaired) electrons. The van der Waals surface area contributed by atoms with Gasteiger partial charge in [-0.15, -0.1) is 0 Å². The molecule has 2 amide bonds. The van der Waals surface area contributed by atoms with Crippen molar-refractivity contribution in [2.45, 2.75) is 18.2 Å². The van der Waals surface area contributed by atoms with Crippen LogP contribution in [0.3, 0.4) is 0 Å². The highest BCUT2D eigenvalue weighted by atomic mass is 32.2. The summed E-state index contributed by atoms with van der Waals surface area (Å²) in [5, 5.41) is 2.81. The fourth-order valence-corrected chi connectivity index (χ4v) is 3.95. The van der Waals surface area contributed by atoms with E-state index in [-0.39, 0.29) is 18.4 Å². The molecule has 0 atom stereocenters. The van der Waals surface area contributed by atoms with Crippen LogP contribution in [0, 0.1) is 5.82 Å². The van der Waals surface area contributed by atoms with Crippen molar-refractivity contribution >= 4 is 35.3 Å². The van der Waals surface area contributed by atoms with E-state index in [1.54, 1.807) is 18.2 Å². The zero-order chi connectivity index (χ0) is 20.6. The number of rotatable bonds is 8. The monoisotopic (exact) mass is 414 g/mol. The van der Waals surface area contributed by atoms with Crippen LogP contribution in [0.15, 0.2) is 58.3 Å². The molecule has 5 nitrogen and oxygen atoms in total. The zero-order valence-electron chi connectivity index (χ0n) is 16.2. The van der Waals surface area contributed by atoms with Gasteiger partial charge in [-0.05, 0) is 37.6 Å². The normalized spacial score (nSPS) is 14.8. The number of benzene rings is 2. The van der Waals surface area contributed by atoms with Crippen molar-refractivity contribution in [2.75, 3.05) is 31.2 Å². The van der Waals surface area contributed by atoms with Crippen LogP contribution >= 0.6 is 11.8 Å². The standard InChI is InChI=1S/C22H23FN2O3S/c1-2-28-13-7-12-24-21(26)15-25-18-10-5-6-11-19(18)29-20(22(25)27)14-16-8-3-4-9-17(16)23/h3-6,8-11,14H,2,7,12-13,15H2,1H3,(H,24,26)/b20-14-. The molecule has 29 heavy (non-hydrogen) atoms. The Morgan fingerprint density at radius 1 is 1.21 bits per heavy atom. The zero-order valence-corrected chi connectivity index (χ0v) is 17.0. The molecule has 1 aliphatic rings. The van der Waals surface area contributed by atoms with Crippen molar-refractivity contribution in [3.63, 3.8) is 0 Å². The van der Waals surface area contributed by atoms with E-state index in [1.807, 2.05) is 31.2 Å². The third-order valence-corrected chi connectivity index (χ3v) is 5.39. The van der Waals surface area contributed by atoms with Gasteiger partial charge in [0.15, 0.2) is 0 Å². The van der Waals surface area contributed by atoms with E-state index in [9.17, 15) is 14.0 Å². The fourth-order valence-electron chi connectivity index (χ4n) is 2.90. The Kier molecular flexibility index (Phi) is 7.43. The lowest BCUT2D eigenvalue weighted by molar-refractivity contribution is -0.122. The molecule has 3 rings (SSSR count). The number of amides is 2. The molecule has 1 N–H and O–H groups in total. The molecule has 7 heteroatoms. The fraction of sp³-hybridized carbons (Fsp3) is 0.273. The summed E-state index contributed by atoms with van der Waals surface area (Å²) in [6.07, 6.45) is 2.24. The highest BCUT2D eigenvalue weighted by molar-refractivity contribution is 8.04. The van der Waals surface area contributed by atoms with Crippen molar-refractivity contribution in [2.24, 2.45) is 0 Å². The molecule has 1 aliphatic heterocycles. The summed E-state index contributed by atoms with van der Waals surface area (Å²) >= 11 is 1.28. The number of carbonyl (C=O) groups excluding carboxylic acids is 2. The summed E-state index contributed by atoms with van der Waals surface area (Å²) in [6.45, 7) is 3.52. The minimum atomic E-state index is -0.397. The number of carbonyl (C=O) groups is 2. The van der Waals surface area contributed by atoms with Crippen molar-refractivity contribution < 1.29 is 18.7 Å².